The molecule has 106 valence electrons. The summed E-state index contributed by atoms with van der Waals surface area (Å²) >= 11 is 0. The molecule has 1 aliphatic rings. The Morgan fingerprint density at radius 3 is 2.53 bits per heavy atom. The molecule has 4 heteroatoms. The maximum Gasteiger partial charge on any atom is 0.130 e. The predicted molar refractivity (Wildman–Crippen MR) is 72.9 cm³/mol. The Kier molecular flexibility index (Phi) is 4.88. The van der Waals surface area contributed by atoms with E-state index in [9.17, 15) is 8.78 Å². The molecule has 0 radical (unpaired) electrons. The molecule has 0 saturated carbocycles. The van der Waals surface area contributed by atoms with Crippen molar-refractivity contribution in [1.29, 1.82) is 0 Å². The van der Waals surface area contributed by atoms with Crippen LogP contribution in [-0.4, -0.2) is 30.1 Å². The first-order valence-corrected chi connectivity index (χ1v) is 6.97. The number of benzene rings is 1. The van der Waals surface area contributed by atoms with Gasteiger partial charge in [0.25, 0.3) is 0 Å². The molecule has 0 bridgehead atoms. The minimum absolute atomic E-state index is 0.430. The summed E-state index contributed by atoms with van der Waals surface area (Å²) in [7, 11) is 0. The van der Waals surface area contributed by atoms with Gasteiger partial charge in [-0.2, -0.15) is 0 Å². The van der Waals surface area contributed by atoms with Gasteiger partial charge in [-0.3, -0.25) is 0 Å². The van der Waals surface area contributed by atoms with Crippen molar-refractivity contribution < 1.29 is 8.78 Å². The molecule has 1 aromatic carbocycles. The Hall–Kier alpha value is -1.00. The van der Waals surface area contributed by atoms with Crippen molar-refractivity contribution >= 4 is 0 Å². The lowest BCUT2D eigenvalue weighted by Crippen LogP contribution is -2.44. The Labute approximate surface area is 113 Å². The number of likely N-dealkylation sites (tertiary alicyclic amines) is 1. The second-order valence-electron chi connectivity index (χ2n) is 5.52. The molecule has 19 heavy (non-hydrogen) atoms. The van der Waals surface area contributed by atoms with Crippen molar-refractivity contribution in [3.63, 3.8) is 0 Å². The molecule has 1 saturated heterocycles. The molecule has 1 aromatic rings. The maximum absolute atomic E-state index is 13.5. The average Bonchev–Trinajstić information content (AvgIpc) is 2.38. The van der Waals surface area contributed by atoms with Crippen LogP contribution in [0.2, 0.25) is 0 Å². The Balaban J connectivity index is 1.80. The summed E-state index contributed by atoms with van der Waals surface area (Å²) in [6, 6.07) is 4.79. The van der Waals surface area contributed by atoms with Gasteiger partial charge < -0.3 is 10.2 Å². The van der Waals surface area contributed by atoms with Gasteiger partial charge in [-0.25, -0.2) is 8.78 Å². The van der Waals surface area contributed by atoms with E-state index in [-0.39, 0.29) is 0 Å². The quantitative estimate of drug-likeness (QED) is 0.903. The monoisotopic (exact) mass is 268 g/mol. The highest BCUT2D eigenvalue weighted by Crippen LogP contribution is 2.15. The number of rotatable bonds is 4. The van der Waals surface area contributed by atoms with Crippen LogP contribution >= 0.6 is 0 Å². The van der Waals surface area contributed by atoms with Crippen LogP contribution in [0.25, 0.3) is 0 Å². The summed E-state index contributed by atoms with van der Waals surface area (Å²) in [6.07, 6.45) is 2.17. The molecule has 2 rings (SSSR count). The third-order valence-electron chi connectivity index (χ3n) is 3.86. The number of nitrogens with one attached hydrogen (secondary N) is 1. The summed E-state index contributed by atoms with van der Waals surface area (Å²) in [5, 5.41) is 3.37. The lowest BCUT2D eigenvalue weighted by atomic mass is 10.0. The van der Waals surface area contributed by atoms with E-state index in [4.69, 9.17) is 0 Å². The highest BCUT2D eigenvalue weighted by molar-refractivity contribution is 5.18. The van der Waals surface area contributed by atoms with E-state index >= 15 is 0 Å². The minimum Gasteiger partial charge on any atom is -0.310 e. The topological polar surface area (TPSA) is 15.3 Å². The van der Waals surface area contributed by atoms with Crippen LogP contribution < -0.4 is 5.32 Å². The van der Waals surface area contributed by atoms with Gasteiger partial charge in [0.2, 0.25) is 0 Å². The lowest BCUT2D eigenvalue weighted by molar-refractivity contribution is 0.160. The zero-order chi connectivity index (χ0) is 13.8. The van der Waals surface area contributed by atoms with Crippen molar-refractivity contribution in [3.05, 3.63) is 35.4 Å². The smallest absolute Gasteiger partial charge is 0.130 e. The normalized spacial score (nSPS) is 18.2. The summed E-state index contributed by atoms with van der Waals surface area (Å²) in [5.74, 6) is -0.987. The third-order valence-corrected chi connectivity index (χ3v) is 3.86. The summed E-state index contributed by atoms with van der Waals surface area (Å²) in [6.45, 7) is 7.06. The molecule has 1 heterocycles. The van der Waals surface area contributed by atoms with Gasteiger partial charge in [0, 0.05) is 30.3 Å². The fourth-order valence-electron chi connectivity index (χ4n) is 2.54. The number of halogens is 2. The Bertz CT molecular complexity index is 413. The van der Waals surface area contributed by atoms with Crippen LogP contribution in [0, 0.1) is 11.6 Å². The minimum atomic E-state index is -0.522. The first kappa shape index (κ1) is 14.4. The van der Waals surface area contributed by atoms with Gasteiger partial charge in [-0.15, -0.1) is 0 Å². The van der Waals surface area contributed by atoms with Crippen LogP contribution in [-0.2, 0) is 6.54 Å². The molecule has 0 aromatic heterocycles. The van der Waals surface area contributed by atoms with Crippen molar-refractivity contribution in [2.75, 3.05) is 13.1 Å². The fraction of sp³-hybridized carbons (Fsp3) is 0.600. The van der Waals surface area contributed by atoms with E-state index in [2.05, 4.69) is 24.1 Å². The van der Waals surface area contributed by atoms with E-state index in [1.54, 1.807) is 0 Å². The average molecular weight is 268 g/mol. The predicted octanol–water partition coefficient (Wildman–Crippen LogP) is 2.93. The Morgan fingerprint density at radius 2 is 1.95 bits per heavy atom. The van der Waals surface area contributed by atoms with Crippen LogP contribution in [0.15, 0.2) is 18.2 Å². The highest BCUT2D eigenvalue weighted by Gasteiger charge is 2.20. The molecule has 0 spiro atoms. The van der Waals surface area contributed by atoms with E-state index in [1.807, 2.05) is 0 Å². The molecule has 0 atom stereocenters. The largest absolute Gasteiger partial charge is 0.310 e. The van der Waals surface area contributed by atoms with Gasteiger partial charge in [0.1, 0.15) is 11.6 Å². The van der Waals surface area contributed by atoms with E-state index in [1.165, 1.54) is 12.1 Å². The zero-order valence-electron chi connectivity index (χ0n) is 11.6. The van der Waals surface area contributed by atoms with E-state index < -0.39 is 11.6 Å². The molecule has 1 N–H and O–H groups in total. The molecule has 2 nitrogen and oxygen atoms in total. The van der Waals surface area contributed by atoms with E-state index in [0.29, 0.717) is 24.2 Å². The summed E-state index contributed by atoms with van der Waals surface area (Å²) in [4.78, 5) is 2.46. The second-order valence-corrected chi connectivity index (χ2v) is 5.52. The van der Waals surface area contributed by atoms with Crippen molar-refractivity contribution in [2.45, 2.75) is 45.3 Å². The number of nitrogens with zero attached hydrogens (tertiary/aromatic N) is 1. The number of hydrogen-bond donors (Lipinski definition) is 1. The van der Waals surface area contributed by atoms with Crippen molar-refractivity contribution in [1.82, 2.24) is 10.2 Å². The first-order chi connectivity index (χ1) is 9.06. The van der Waals surface area contributed by atoms with Gasteiger partial charge in [0.05, 0.1) is 0 Å². The molecule has 1 fully saturated rings. The summed E-state index contributed by atoms with van der Waals surface area (Å²) in [5.41, 5.74) is 0.535. The molecule has 0 unspecified atom stereocenters. The molecule has 1 aliphatic heterocycles. The molecule has 0 aliphatic carbocycles. The second kappa shape index (κ2) is 6.44. The van der Waals surface area contributed by atoms with Gasteiger partial charge >= 0.3 is 0 Å². The van der Waals surface area contributed by atoms with E-state index in [0.717, 1.165) is 32.0 Å². The fourth-order valence-corrected chi connectivity index (χ4v) is 2.54. The molecular formula is C15H22F2N2. The van der Waals surface area contributed by atoms with Crippen LogP contribution in [0.3, 0.4) is 0 Å². The third kappa shape index (κ3) is 3.98. The standard InChI is InChI=1S/C15H22F2N2/c1-11(2)19-7-5-14(6-8-19)18-10-12-3-4-13(16)9-15(12)17/h3-4,9,11,14,18H,5-8,10H2,1-2H3. The van der Waals surface area contributed by atoms with Crippen LogP contribution in [0.5, 0.6) is 0 Å². The van der Waals surface area contributed by atoms with Crippen LogP contribution in [0.4, 0.5) is 8.78 Å². The highest BCUT2D eigenvalue weighted by atomic mass is 19.1. The lowest BCUT2D eigenvalue weighted by Gasteiger charge is -2.35. The van der Waals surface area contributed by atoms with Gasteiger partial charge in [-0.1, -0.05) is 6.07 Å². The zero-order valence-corrected chi connectivity index (χ0v) is 11.6. The summed E-state index contributed by atoms with van der Waals surface area (Å²) < 4.78 is 26.3. The molecule has 0 amide bonds. The maximum atomic E-state index is 13.5. The van der Waals surface area contributed by atoms with Gasteiger partial charge in [0.15, 0.2) is 0 Å². The Morgan fingerprint density at radius 1 is 1.26 bits per heavy atom. The SMILES string of the molecule is CC(C)N1CCC(NCc2ccc(F)cc2F)CC1. The number of piperidine rings is 1. The van der Waals surface area contributed by atoms with Crippen molar-refractivity contribution in [2.24, 2.45) is 0 Å². The first-order valence-electron chi connectivity index (χ1n) is 6.97. The van der Waals surface area contributed by atoms with Crippen molar-refractivity contribution in [3.8, 4) is 0 Å². The van der Waals surface area contributed by atoms with Crippen LogP contribution in [0.1, 0.15) is 32.3 Å². The molecular weight excluding hydrogens is 246 g/mol. The van der Waals surface area contributed by atoms with Gasteiger partial charge in [-0.05, 0) is 45.8 Å². The number of hydrogen-bond acceptors (Lipinski definition) is 2.